The number of nitrogens with one attached hydrogen (secondary N) is 1. The zero-order valence-corrected chi connectivity index (χ0v) is 10.1. The fourth-order valence-corrected chi connectivity index (χ4v) is 1.91. The fourth-order valence-electron chi connectivity index (χ4n) is 1.91. The zero-order valence-electron chi connectivity index (χ0n) is 10.1. The summed E-state index contributed by atoms with van der Waals surface area (Å²) in [5, 5.41) is 2.67. The Bertz CT molecular complexity index is 401. The minimum Gasteiger partial charge on any atom is -0.398 e. The maximum Gasteiger partial charge on any atom is 0.233 e. The van der Waals surface area contributed by atoms with E-state index in [0.717, 1.165) is 17.8 Å². The molecule has 0 saturated heterocycles. The van der Waals surface area contributed by atoms with Crippen molar-refractivity contribution in [2.45, 2.75) is 25.4 Å². The van der Waals surface area contributed by atoms with E-state index in [9.17, 15) is 4.79 Å². The van der Waals surface area contributed by atoms with Gasteiger partial charge in [-0.1, -0.05) is 18.2 Å². The van der Waals surface area contributed by atoms with Crippen molar-refractivity contribution in [3.63, 3.8) is 0 Å². The molecule has 0 bridgehead atoms. The van der Waals surface area contributed by atoms with Crippen molar-refractivity contribution in [1.29, 1.82) is 0 Å². The lowest BCUT2D eigenvalue weighted by molar-refractivity contribution is -0.122. The van der Waals surface area contributed by atoms with Crippen molar-refractivity contribution in [2.24, 2.45) is 0 Å². The molecular formula is C13H19N3O. The molecule has 0 aliphatic heterocycles. The van der Waals surface area contributed by atoms with Gasteiger partial charge in [-0.3, -0.25) is 9.69 Å². The number of para-hydroxylation sites is 1. The highest BCUT2D eigenvalue weighted by Gasteiger charge is 2.30. The molecular weight excluding hydrogens is 214 g/mol. The minimum atomic E-state index is 0.0615. The first-order valence-electron chi connectivity index (χ1n) is 5.98. The smallest absolute Gasteiger partial charge is 0.233 e. The maximum absolute atomic E-state index is 11.4. The molecule has 92 valence electrons. The van der Waals surface area contributed by atoms with E-state index < -0.39 is 0 Å². The molecule has 2 rings (SSSR count). The largest absolute Gasteiger partial charge is 0.398 e. The van der Waals surface area contributed by atoms with E-state index >= 15 is 0 Å². The maximum atomic E-state index is 11.4. The first kappa shape index (κ1) is 11.9. The zero-order chi connectivity index (χ0) is 12.3. The topological polar surface area (TPSA) is 58.4 Å². The highest BCUT2D eigenvalue weighted by atomic mass is 16.1. The molecule has 1 saturated carbocycles. The van der Waals surface area contributed by atoms with Crippen molar-refractivity contribution in [3.8, 4) is 0 Å². The van der Waals surface area contributed by atoms with Crippen LogP contribution in [0.4, 0.5) is 5.69 Å². The van der Waals surface area contributed by atoms with Crippen LogP contribution in [-0.4, -0.2) is 30.4 Å². The van der Waals surface area contributed by atoms with Crippen LogP contribution in [0.25, 0.3) is 0 Å². The second-order valence-corrected chi connectivity index (χ2v) is 4.51. The van der Waals surface area contributed by atoms with Crippen LogP contribution in [0.3, 0.4) is 0 Å². The molecule has 1 aliphatic carbocycles. The molecule has 1 aromatic rings. The monoisotopic (exact) mass is 233 g/mol. The van der Waals surface area contributed by atoms with Gasteiger partial charge in [-0.15, -0.1) is 0 Å². The lowest BCUT2D eigenvalue weighted by atomic mass is 10.1. The summed E-state index contributed by atoms with van der Waals surface area (Å²) in [6, 6.07) is 8.39. The number of rotatable bonds is 5. The fraction of sp³-hybridized carbons (Fsp3) is 0.462. The van der Waals surface area contributed by atoms with E-state index in [4.69, 9.17) is 5.73 Å². The van der Waals surface area contributed by atoms with E-state index in [0.29, 0.717) is 12.6 Å². The third-order valence-electron chi connectivity index (χ3n) is 3.12. The number of nitrogens with zero attached hydrogens (tertiary/aromatic N) is 1. The summed E-state index contributed by atoms with van der Waals surface area (Å²) in [6.07, 6.45) is 2.37. The summed E-state index contributed by atoms with van der Waals surface area (Å²) in [7, 11) is 1.67. The average molecular weight is 233 g/mol. The Kier molecular flexibility index (Phi) is 3.64. The molecule has 0 atom stereocenters. The number of benzene rings is 1. The van der Waals surface area contributed by atoms with E-state index in [1.807, 2.05) is 24.3 Å². The number of anilines is 1. The Hall–Kier alpha value is -1.55. The van der Waals surface area contributed by atoms with Crippen molar-refractivity contribution >= 4 is 11.6 Å². The number of hydrogen-bond donors (Lipinski definition) is 2. The van der Waals surface area contributed by atoms with Gasteiger partial charge >= 0.3 is 0 Å². The molecule has 3 N–H and O–H groups in total. The summed E-state index contributed by atoms with van der Waals surface area (Å²) in [5.74, 6) is 0.0615. The van der Waals surface area contributed by atoms with Gasteiger partial charge in [0.2, 0.25) is 5.91 Å². The van der Waals surface area contributed by atoms with Crippen LogP contribution in [0.15, 0.2) is 24.3 Å². The molecule has 0 unspecified atom stereocenters. The Labute approximate surface area is 102 Å². The highest BCUT2D eigenvalue weighted by molar-refractivity contribution is 5.77. The molecule has 4 heteroatoms. The van der Waals surface area contributed by atoms with Gasteiger partial charge < -0.3 is 11.1 Å². The predicted molar refractivity (Wildman–Crippen MR) is 68.4 cm³/mol. The molecule has 1 amide bonds. The molecule has 0 heterocycles. The SMILES string of the molecule is CNC(=O)CN(Cc1ccccc1N)C1CC1. The molecule has 1 aliphatic rings. The first-order valence-corrected chi connectivity index (χ1v) is 5.98. The van der Waals surface area contributed by atoms with Crippen LogP contribution in [0.1, 0.15) is 18.4 Å². The van der Waals surface area contributed by atoms with Crippen molar-refractivity contribution < 1.29 is 4.79 Å². The molecule has 1 aromatic carbocycles. The number of likely N-dealkylation sites (N-methyl/N-ethyl adjacent to an activating group) is 1. The summed E-state index contributed by atoms with van der Waals surface area (Å²) in [4.78, 5) is 13.6. The highest BCUT2D eigenvalue weighted by Crippen LogP contribution is 2.28. The normalized spacial score (nSPS) is 14.9. The van der Waals surface area contributed by atoms with Gasteiger partial charge in [-0.2, -0.15) is 0 Å². The summed E-state index contributed by atoms with van der Waals surface area (Å²) in [5.41, 5.74) is 7.83. The average Bonchev–Trinajstić information content (AvgIpc) is 3.15. The van der Waals surface area contributed by atoms with E-state index in [1.165, 1.54) is 12.8 Å². The Morgan fingerprint density at radius 1 is 1.47 bits per heavy atom. The Balaban J connectivity index is 2.02. The van der Waals surface area contributed by atoms with Gasteiger partial charge in [0, 0.05) is 25.3 Å². The second kappa shape index (κ2) is 5.19. The van der Waals surface area contributed by atoms with Gasteiger partial charge in [0.25, 0.3) is 0 Å². The third kappa shape index (κ3) is 3.20. The van der Waals surface area contributed by atoms with E-state index in [2.05, 4.69) is 10.2 Å². The lowest BCUT2D eigenvalue weighted by Gasteiger charge is -2.21. The quantitative estimate of drug-likeness (QED) is 0.745. The van der Waals surface area contributed by atoms with Crippen LogP contribution < -0.4 is 11.1 Å². The minimum absolute atomic E-state index is 0.0615. The number of amides is 1. The molecule has 0 aromatic heterocycles. The van der Waals surface area contributed by atoms with Crippen LogP contribution in [-0.2, 0) is 11.3 Å². The van der Waals surface area contributed by atoms with Gasteiger partial charge in [-0.25, -0.2) is 0 Å². The van der Waals surface area contributed by atoms with Gasteiger partial charge in [0.05, 0.1) is 6.54 Å². The van der Waals surface area contributed by atoms with Gasteiger partial charge in [0.1, 0.15) is 0 Å². The van der Waals surface area contributed by atoms with Crippen molar-refractivity contribution in [2.75, 3.05) is 19.3 Å². The number of carbonyl (C=O) groups excluding carboxylic acids is 1. The second-order valence-electron chi connectivity index (χ2n) is 4.51. The molecule has 0 spiro atoms. The number of nitrogen functional groups attached to an aromatic ring is 1. The Morgan fingerprint density at radius 2 is 2.18 bits per heavy atom. The standard InChI is InChI=1S/C13H19N3O/c1-15-13(17)9-16(11-6-7-11)8-10-4-2-3-5-12(10)14/h2-5,11H,6-9,14H2,1H3,(H,15,17). The summed E-state index contributed by atoms with van der Waals surface area (Å²) < 4.78 is 0. The van der Waals surface area contributed by atoms with Crippen LogP contribution in [0.5, 0.6) is 0 Å². The van der Waals surface area contributed by atoms with E-state index in [-0.39, 0.29) is 5.91 Å². The molecule has 0 radical (unpaired) electrons. The van der Waals surface area contributed by atoms with Crippen LogP contribution in [0, 0.1) is 0 Å². The summed E-state index contributed by atoms with van der Waals surface area (Å²) >= 11 is 0. The molecule has 1 fully saturated rings. The third-order valence-corrected chi connectivity index (χ3v) is 3.12. The Morgan fingerprint density at radius 3 is 2.76 bits per heavy atom. The summed E-state index contributed by atoms with van der Waals surface area (Å²) in [6.45, 7) is 1.21. The molecule has 17 heavy (non-hydrogen) atoms. The number of carbonyl (C=O) groups is 1. The van der Waals surface area contributed by atoms with Gasteiger partial charge in [0.15, 0.2) is 0 Å². The van der Waals surface area contributed by atoms with Crippen LogP contribution >= 0.6 is 0 Å². The predicted octanol–water partition coefficient (Wildman–Crippen LogP) is 0.979. The molecule has 4 nitrogen and oxygen atoms in total. The number of nitrogens with two attached hydrogens (primary N) is 1. The lowest BCUT2D eigenvalue weighted by Crippen LogP contribution is -2.36. The number of hydrogen-bond acceptors (Lipinski definition) is 3. The van der Waals surface area contributed by atoms with E-state index in [1.54, 1.807) is 7.05 Å². The van der Waals surface area contributed by atoms with Crippen LogP contribution in [0.2, 0.25) is 0 Å². The van der Waals surface area contributed by atoms with Gasteiger partial charge in [-0.05, 0) is 24.5 Å². The van der Waals surface area contributed by atoms with Crippen molar-refractivity contribution in [1.82, 2.24) is 10.2 Å². The first-order chi connectivity index (χ1) is 8.20. The van der Waals surface area contributed by atoms with Crippen molar-refractivity contribution in [3.05, 3.63) is 29.8 Å².